The molecule has 0 unspecified atom stereocenters. The van der Waals surface area contributed by atoms with Gasteiger partial charge in [-0.3, -0.25) is 4.79 Å². The monoisotopic (exact) mass is 357 g/mol. The first-order chi connectivity index (χ1) is 12.1. The molecule has 0 saturated carbocycles. The molecule has 0 aliphatic carbocycles. The van der Waals surface area contributed by atoms with Crippen molar-refractivity contribution in [1.82, 2.24) is 25.0 Å². The number of carbonyl (C=O) groups is 1. The predicted octanol–water partition coefficient (Wildman–Crippen LogP) is 2.26. The van der Waals surface area contributed by atoms with Crippen LogP contribution in [0.2, 0.25) is 5.02 Å². The molecule has 4 rings (SSSR count). The summed E-state index contributed by atoms with van der Waals surface area (Å²) in [6.45, 7) is 1.79. The van der Waals surface area contributed by atoms with Gasteiger partial charge in [-0.2, -0.15) is 0 Å². The summed E-state index contributed by atoms with van der Waals surface area (Å²) in [5.74, 6) is 0.160. The van der Waals surface area contributed by atoms with Gasteiger partial charge in [0.05, 0.1) is 16.7 Å². The van der Waals surface area contributed by atoms with Crippen LogP contribution in [-0.4, -0.2) is 44.0 Å². The molecule has 2 aromatic heterocycles. The highest BCUT2D eigenvalue weighted by Crippen LogP contribution is 2.22. The minimum absolute atomic E-state index is 0.165. The Kier molecular flexibility index (Phi) is 3.96. The van der Waals surface area contributed by atoms with Crippen LogP contribution in [0.5, 0.6) is 0 Å². The van der Waals surface area contributed by atoms with E-state index >= 15 is 0 Å². The molecule has 3 heterocycles. The molecule has 8 nitrogen and oxygen atoms in total. The first-order valence-electron chi connectivity index (χ1n) is 8.00. The Bertz CT molecular complexity index is 949. The van der Waals surface area contributed by atoms with Crippen molar-refractivity contribution in [2.24, 2.45) is 7.05 Å². The van der Waals surface area contributed by atoms with E-state index in [0.29, 0.717) is 17.2 Å². The standard InChI is InChI=1S/C16H16ClN7O/c1-23-13-5-4-10(8-12(13)21-22-23)19-15(25)14-11(17)9-18-16(20-14)24-6-2-3-7-24/h4-5,8-9H,2-3,6-7H2,1H3,(H,19,25). The molecule has 1 saturated heterocycles. The summed E-state index contributed by atoms with van der Waals surface area (Å²) in [5.41, 5.74) is 2.36. The fourth-order valence-electron chi connectivity index (χ4n) is 2.90. The van der Waals surface area contributed by atoms with Gasteiger partial charge in [-0.25, -0.2) is 14.6 Å². The minimum Gasteiger partial charge on any atom is -0.341 e. The van der Waals surface area contributed by atoms with Crippen LogP contribution >= 0.6 is 11.6 Å². The number of fused-ring (bicyclic) bond motifs is 1. The first-order valence-corrected chi connectivity index (χ1v) is 8.38. The highest BCUT2D eigenvalue weighted by Gasteiger charge is 2.20. The van der Waals surface area contributed by atoms with Crippen LogP contribution in [0.15, 0.2) is 24.4 Å². The van der Waals surface area contributed by atoms with E-state index in [9.17, 15) is 4.79 Å². The summed E-state index contributed by atoms with van der Waals surface area (Å²) >= 11 is 6.13. The maximum absolute atomic E-state index is 12.6. The van der Waals surface area contributed by atoms with Crippen molar-refractivity contribution in [3.05, 3.63) is 35.1 Å². The summed E-state index contributed by atoms with van der Waals surface area (Å²) < 4.78 is 1.67. The second kappa shape index (κ2) is 6.29. The number of hydrogen-bond acceptors (Lipinski definition) is 6. The minimum atomic E-state index is -0.379. The zero-order valence-electron chi connectivity index (χ0n) is 13.6. The fraction of sp³-hybridized carbons (Fsp3) is 0.312. The predicted molar refractivity (Wildman–Crippen MR) is 95.0 cm³/mol. The highest BCUT2D eigenvalue weighted by molar-refractivity contribution is 6.34. The van der Waals surface area contributed by atoms with Crippen LogP contribution < -0.4 is 10.2 Å². The number of amides is 1. The number of halogens is 1. The first kappa shape index (κ1) is 15.8. The van der Waals surface area contributed by atoms with Gasteiger partial charge in [-0.05, 0) is 31.0 Å². The fourth-order valence-corrected chi connectivity index (χ4v) is 3.07. The third-order valence-electron chi connectivity index (χ3n) is 4.20. The number of aryl methyl sites for hydroxylation is 1. The summed E-state index contributed by atoms with van der Waals surface area (Å²) in [5, 5.41) is 11.0. The Morgan fingerprint density at radius 3 is 2.88 bits per heavy atom. The number of carbonyl (C=O) groups excluding carboxylic acids is 1. The van der Waals surface area contributed by atoms with E-state index in [1.807, 2.05) is 13.1 Å². The largest absolute Gasteiger partial charge is 0.341 e. The number of rotatable bonds is 3. The maximum atomic E-state index is 12.6. The third kappa shape index (κ3) is 3.00. The Morgan fingerprint density at radius 1 is 1.28 bits per heavy atom. The Morgan fingerprint density at radius 2 is 2.08 bits per heavy atom. The van der Waals surface area contributed by atoms with Gasteiger partial charge in [0, 0.05) is 25.8 Å². The van der Waals surface area contributed by atoms with Gasteiger partial charge in [0.2, 0.25) is 5.95 Å². The zero-order chi connectivity index (χ0) is 17.4. The molecule has 1 amide bonds. The number of anilines is 2. The molecule has 0 spiro atoms. The van der Waals surface area contributed by atoms with Crippen molar-refractivity contribution in [1.29, 1.82) is 0 Å². The summed E-state index contributed by atoms with van der Waals surface area (Å²) in [6, 6.07) is 5.40. The summed E-state index contributed by atoms with van der Waals surface area (Å²) in [6.07, 6.45) is 3.68. The molecule has 1 aliphatic rings. The quantitative estimate of drug-likeness (QED) is 0.773. The van der Waals surface area contributed by atoms with Crippen LogP contribution in [0.1, 0.15) is 23.3 Å². The van der Waals surface area contributed by atoms with E-state index in [2.05, 4.69) is 30.5 Å². The molecule has 1 aromatic carbocycles. The smallest absolute Gasteiger partial charge is 0.276 e. The molecule has 0 atom stereocenters. The molecule has 1 N–H and O–H groups in total. The lowest BCUT2D eigenvalue weighted by Gasteiger charge is -2.16. The van der Waals surface area contributed by atoms with Gasteiger partial charge in [-0.15, -0.1) is 5.10 Å². The van der Waals surface area contributed by atoms with Crippen molar-refractivity contribution in [2.75, 3.05) is 23.3 Å². The SMILES string of the molecule is Cn1nnc2cc(NC(=O)c3nc(N4CCCC4)ncc3Cl)ccc21. The molecule has 9 heteroatoms. The van der Waals surface area contributed by atoms with Gasteiger partial charge in [0.25, 0.3) is 5.91 Å². The van der Waals surface area contributed by atoms with Crippen molar-refractivity contribution >= 4 is 40.2 Å². The molecule has 25 heavy (non-hydrogen) atoms. The topological polar surface area (TPSA) is 88.8 Å². The van der Waals surface area contributed by atoms with Crippen molar-refractivity contribution in [3.8, 4) is 0 Å². The van der Waals surface area contributed by atoms with E-state index in [-0.39, 0.29) is 16.6 Å². The van der Waals surface area contributed by atoms with Crippen LogP contribution in [0.3, 0.4) is 0 Å². The molecular formula is C16H16ClN7O. The van der Waals surface area contributed by atoms with Crippen molar-refractivity contribution in [3.63, 3.8) is 0 Å². The molecule has 0 bridgehead atoms. The lowest BCUT2D eigenvalue weighted by atomic mass is 10.2. The second-order valence-electron chi connectivity index (χ2n) is 5.93. The van der Waals surface area contributed by atoms with E-state index in [0.717, 1.165) is 31.4 Å². The van der Waals surface area contributed by atoms with Crippen LogP contribution in [0.4, 0.5) is 11.6 Å². The average Bonchev–Trinajstić information content (AvgIpc) is 3.26. The molecule has 1 fully saturated rings. The lowest BCUT2D eigenvalue weighted by Crippen LogP contribution is -2.23. The highest BCUT2D eigenvalue weighted by atomic mass is 35.5. The van der Waals surface area contributed by atoms with Crippen LogP contribution in [0.25, 0.3) is 11.0 Å². The molecule has 1 aliphatic heterocycles. The Hall–Kier alpha value is -2.74. The van der Waals surface area contributed by atoms with Gasteiger partial charge in [0.15, 0.2) is 5.69 Å². The van der Waals surface area contributed by atoms with Crippen LogP contribution in [-0.2, 0) is 7.05 Å². The molecule has 128 valence electrons. The number of hydrogen-bond donors (Lipinski definition) is 1. The van der Waals surface area contributed by atoms with Gasteiger partial charge >= 0.3 is 0 Å². The summed E-state index contributed by atoms with van der Waals surface area (Å²) in [4.78, 5) is 23.2. The molecule has 3 aromatic rings. The van der Waals surface area contributed by atoms with Crippen LogP contribution in [0, 0.1) is 0 Å². The van der Waals surface area contributed by atoms with E-state index < -0.39 is 0 Å². The van der Waals surface area contributed by atoms with E-state index in [1.54, 1.807) is 16.8 Å². The van der Waals surface area contributed by atoms with Crippen molar-refractivity contribution < 1.29 is 4.79 Å². The average molecular weight is 358 g/mol. The Balaban J connectivity index is 1.59. The third-order valence-corrected chi connectivity index (χ3v) is 4.48. The zero-order valence-corrected chi connectivity index (χ0v) is 14.4. The number of nitrogens with one attached hydrogen (secondary N) is 1. The molecular weight excluding hydrogens is 342 g/mol. The van der Waals surface area contributed by atoms with Gasteiger partial charge < -0.3 is 10.2 Å². The Labute approximate surface area is 148 Å². The molecule has 0 radical (unpaired) electrons. The van der Waals surface area contributed by atoms with Crippen molar-refractivity contribution in [2.45, 2.75) is 12.8 Å². The van der Waals surface area contributed by atoms with Gasteiger partial charge in [-0.1, -0.05) is 16.8 Å². The second-order valence-corrected chi connectivity index (χ2v) is 6.34. The summed E-state index contributed by atoms with van der Waals surface area (Å²) in [7, 11) is 1.81. The maximum Gasteiger partial charge on any atom is 0.276 e. The van der Waals surface area contributed by atoms with E-state index in [1.165, 1.54) is 6.20 Å². The number of benzene rings is 1. The van der Waals surface area contributed by atoms with E-state index in [4.69, 9.17) is 11.6 Å². The normalized spacial score (nSPS) is 14.2. The number of nitrogens with zero attached hydrogens (tertiary/aromatic N) is 6. The lowest BCUT2D eigenvalue weighted by molar-refractivity contribution is 0.102. The number of aromatic nitrogens is 5. The van der Waals surface area contributed by atoms with Gasteiger partial charge in [0.1, 0.15) is 5.52 Å².